The lowest BCUT2D eigenvalue weighted by Crippen LogP contribution is -2.52. The van der Waals surface area contributed by atoms with E-state index in [1.807, 2.05) is 0 Å². The van der Waals surface area contributed by atoms with Gasteiger partial charge in [-0.15, -0.1) is 0 Å². The van der Waals surface area contributed by atoms with Crippen molar-refractivity contribution >= 4 is 0 Å². The molecule has 1 aromatic rings. The zero-order valence-corrected chi connectivity index (χ0v) is 11.1. The number of morpholine rings is 1. The molecule has 2 nitrogen and oxygen atoms in total. The van der Waals surface area contributed by atoms with Crippen LogP contribution in [-0.2, 0) is 4.74 Å². The van der Waals surface area contributed by atoms with Crippen LogP contribution < -0.4 is 5.32 Å². The monoisotopic (exact) mass is 245 g/mol. The number of hydrogen-bond donors (Lipinski definition) is 1. The van der Waals surface area contributed by atoms with Gasteiger partial charge >= 0.3 is 0 Å². The van der Waals surface area contributed by atoms with Gasteiger partial charge in [-0.3, -0.25) is 0 Å². The van der Waals surface area contributed by atoms with Gasteiger partial charge in [-0.2, -0.15) is 0 Å². The second-order valence-electron chi connectivity index (χ2n) is 5.68. The molecule has 1 saturated carbocycles. The molecule has 4 unspecified atom stereocenters. The van der Waals surface area contributed by atoms with E-state index in [1.165, 1.54) is 31.2 Å². The number of rotatable bonds is 2. The highest BCUT2D eigenvalue weighted by atomic mass is 16.5. The molecule has 0 amide bonds. The lowest BCUT2D eigenvalue weighted by atomic mass is 9.81. The van der Waals surface area contributed by atoms with E-state index >= 15 is 0 Å². The van der Waals surface area contributed by atoms with Crippen molar-refractivity contribution in [2.45, 2.75) is 50.9 Å². The smallest absolute Gasteiger partial charge is 0.0953 e. The number of benzene rings is 1. The summed E-state index contributed by atoms with van der Waals surface area (Å²) in [5.41, 5.74) is 1.31. The van der Waals surface area contributed by atoms with Crippen molar-refractivity contribution in [3.8, 4) is 0 Å². The van der Waals surface area contributed by atoms with E-state index in [0.717, 1.165) is 12.5 Å². The highest BCUT2D eigenvalue weighted by Gasteiger charge is 2.35. The van der Waals surface area contributed by atoms with E-state index in [1.54, 1.807) is 0 Å². The molecule has 0 bridgehead atoms. The van der Waals surface area contributed by atoms with Crippen LogP contribution in [0.3, 0.4) is 0 Å². The van der Waals surface area contributed by atoms with Gasteiger partial charge in [0.05, 0.1) is 12.2 Å². The van der Waals surface area contributed by atoms with Crippen LogP contribution in [0.15, 0.2) is 30.3 Å². The average Bonchev–Trinajstić information content (AvgIpc) is 2.47. The fourth-order valence-electron chi connectivity index (χ4n) is 3.36. The predicted molar refractivity (Wildman–Crippen MR) is 73.5 cm³/mol. The maximum Gasteiger partial charge on any atom is 0.0953 e. The molecule has 18 heavy (non-hydrogen) atoms. The van der Waals surface area contributed by atoms with Crippen LogP contribution in [0.25, 0.3) is 0 Å². The summed E-state index contributed by atoms with van der Waals surface area (Å²) in [4.78, 5) is 0. The molecular formula is C16H23NO. The zero-order valence-electron chi connectivity index (χ0n) is 11.1. The summed E-state index contributed by atoms with van der Waals surface area (Å²) in [5.74, 6) is 0.899. The number of fused-ring (bicyclic) bond motifs is 1. The molecule has 2 heteroatoms. The second kappa shape index (κ2) is 5.41. The first-order chi connectivity index (χ1) is 8.86. The summed E-state index contributed by atoms with van der Waals surface area (Å²) in [6.45, 7) is 3.27. The average molecular weight is 245 g/mol. The maximum atomic E-state index is 6.31. The van der Waals surface area contributed by atoms with E-state index in [2.05, 4.69) is 42.6 Å². The van der Waals surface area contributed by atoms with Gasteiger partial charge in [0.1, 0.15) is 0 Å². The first-order valence-corrected chi connectivity index (χ1v) is 7.30. The van der Waals surface area contributed by atoms with Gasteiger partial charge < -0.3 is 10.1 Å². The summed E-state index contributed by atoms with van der Waals surface area (Å²) in [6.07, 6.45) is 5.83. The summed E-state index contributed by atoms with van der Waals surface area (Å²) in [7, 11) is 0. The lowest BCUT2D eigenvalue weighted by Gasteiger charge is -2.43. The Balaban J connectivity index is 1.65. The summed E-state index contributed by atoms with van der Waals surface area (Å²) < 4.78 is 6.31. The van der Waals surface area contributed by atoms with Crippen LogP contribution >= 0.6 is 0 Å². The standard InChI is InChI=1S/C16H23NO/c1-2-12-8-9-15-14(10-12)17-11-16(18-15)13-6-4-3-5-7-13/h3-7,12,14-17H,2,8-11H2,1H3. The molecule has 2 aliphatic rings. The zero-order chi connectivity index (χ0) is 12.4. The van der Waals surface area contributed by atoms with Gasteiger partial charge in [0.15, 0.2) is 0 Å². The van der Waals surface area contributed by atoms with Crippen LogP contribution in [-0.4, -0.2) is 18.7 Å². The number of ether oxygens (including phenoxy) is 1. The van der Waals surface area contributed by atoms with E-state index in [0.29, 0.717) is 12.1 Å². The van der Waals surface area contributed by atoms with E-state index in [4.69, 9.17) is 4.74 Å². The molecule has 1 saturated heterocycles. The Morgan fingerprint density at radius 2 is 2.06 bits per heavy atom. The first kappa shape index (κ1) is 12.2. The Morgan fingerprint density at radius 3 is 2.83 bits per heavy atom. The van der Waals surface area contributed by atoms with Crippen molar-refractivity contribution in [3.63, 3.8) is 0 Å². The second-order valence-corrected chi connectivity index (χ2v) is 5.68. The van der Waals surface area contributed by atoms with E-state index in [9.17, 15) is 0 Å². The van der Waals surface area contributed by atoms with Gasteiger partial charge in [-0.05, 0) is 30.7 Å². The summed E-state index contributed by atoms with van der Waals surface area (Å²) in [5, 5.41) is 3.71. The van der Waals surface area contributed by atoms with Crippen LogP contribution in [0.4, 0.5) is 0 Å². The van der Waals surface area contributed by atoms with Crippen molar-refractivity contribution in [1.82, 2.24) is 5.32 Å². The Hall–Kier alpha value is -0.860. The molecule has 0 radical (unpaired) electrons. The van der Waals surface area contributed by atoms with E-state index in [-0.39, 0.29) is 6.10 Å². The first-order valence-electron chi connectivity index (χ1n) is 7.30. The Kier molecular flexibility index (Phi) is 3.67. The third-order valence-corrected chi connectivity index (χ3v) is 4.55. The molecule has 0 spiro atoms. The van der Waals surface area contributed by atoms with Crippen LogP contribution in [0, 0.1) is 5.92 Å². The molecule has 1 aromatic carbocycles. The normalized spacial score (nSPS) is 36.1. The van der Waals surface area contributed by atoms with Crippen molar-refractivity contribution in [2.24, 2.45) is 5.92 Å². The highest BCUT2D eigenvalue weighted by Crippen LogP contribution is 2.34. The van der Waals surface area contributed by atoms with Gasteiger partial charge in [-0.25, -0.2) is 0 Å². The Morgan fingerprint density at radius 1 is 1.22 bits per heavy atom. The van der Waals surface area contributed by atoms with Gasteiger partial charge in [-0.1, -0.05) is 43.7 Å². The minimum atomic E-state index is 0.241. The molecule has 1 aliphatic heterocycles. The molecule has 3 rings (SSSR count). The molecule has 1 N–H and O–H groups in total. The molecule has 4 atom stereocenters. The van der Waals surface area contributed by atoms with Crippen LogP contribution in [0.1, 0.15) is 44.3 Å². The van der Waals surface area contributed by atoms with Gasteiger partial charge in [0, 0.05) is 12.6 Å². The lowest BCUT2D eigenvalue weighted by molar-refractivity contribution is -0.0869. The van der Waals surface area contributed by atoms with Crippen LogP contribution in [0.5, 0.6) is 0 Å². The topological polar surface area (TPSA) is 21.3 Å². The van der Waals surface area contributed by atoms with Crippen molar-refractivity contribution in [2.75, 3.05) is 6.54 Å². The van der Waals surface area contributed by atoms with E-state index < -0.39 is 0 Å². The molecule has 1 heterocycles. The minimum absolute atomic E-state index is 0.241. The Bertz CT molecular complexity index is 378. The summed E-state index contributed by atoms with van der Waals surface area (Å²) in [6, 6.07) is 11.2. The SMILES string of the molecule is CCC1CCC2OC(c3ccccc3)CNC2C1. The van der Waals surface area contributed by atoms with Crippen LogP contribution in [0.2, 0.25) is 0 Å². The molecule has 2 fully saturated rings. The highest BCUT2D eigenvalue weighted by molar-refractivity contribution is 5.18. The number of nitrogens with one attached hydrogen (secondary N) is 1. The molecular weight excluding hydrogens is 222 g/mol. The fourth-order valence-corrected chi connectivity index (χ4v) is 3.36. The molecule has 0 aromatic heterocycles. The Labute approximate surface area is 110 Å². The quantitative estimate of drug-likeness (QED) is 0.863. The minimum Gasteiger partial charge on any atom is -0.367 e. The molecule has 1 aliphatic carbocycles. The van der Waals surface area contributed by atoms with Crippen molar-refractivity contribution in [1.29, 1.82) is 0 Å². The fraction of sp³-hybridized carbons (Fsp3) is 0.625. The third-order valence-electron chi connectivity index (χ3n) is 4.55. The van der Waals surface area contributed by atoms with Gasteiger partial charge in [0.2, 0.25) is 0 Å². The third kappa shape index (κ3) is 2.45. The van der Waals surface area contributed by atoms with Crippen molar-refractivity contribution in [3.05, 3.63) is 35.9 Å². The maximum absolute atomic E-state index is 6.31. The van der Waals surface area contributed by atoms with Crippen molar-refractivity contribution < 1.29 is 4.74 Å². The number of hydrogen-bond acceptors (Lipinski definition) is 2. The predicted octanol–water partition coefficient (Wildman–Crippen LogP) is 3.29. The summed E-state index contributed by atoms with van der Waals surface area (Å²) >= 11 is 0. The largest absolute Gasteiger partial charge is 0.367 e. The van der Waals surface area contributed by atoms with Gasteiger partial charge in [0.25, 0.3) is 0 Å². The molecule has 98 valence electrons.